The van der Waals surface area contributed by atoms with Crippen LogP contribution in [0.15, 0.2) is 33.7 Å². The predicted molar refractivity (Wildman–Crippen MR) is 113 cm³/mol. The first-order valence-corrected chi connectivity index (χ1v) is 9.96. The molecule has 8 nitrogen and oxygen atoms in total. The summed E-state index contributed by atoms with van der Waals surface area (Å²) in [5.74, 6) is 2.21. The molecule has 1 atom stereocenters. The van der Waals surface area contributed by atoms with Crippen molar-refractivity contribution in [2.75, 3.05) is 27.4 Å². The van der Waals surface area contributed by atoms with E-state index in [0.29, 0.717) is 42.7 Å². The molecule has 1 unspecified atom stereocenters. The molecule has 1 aliphatic heterocycles. The number of aliphatic imine (C=N–C) groups is 1. The Kier molecular flexibility index (Phi) is 7.35. The molecule has 3 rings (SSSR count). The molecule has 2 heterocycles. The molecule has 0 spiro atoms. The van der Waals surface area contributed by atoms with Crippen LogP contribution in [-0.4, -0.2) is 45.4 Å². The zero-order valence-electron chi connectivity index (χ0n) is 17.9. The standard InChI is InChI=1S/C22H29N3O5/c1-14-5-6-16(20(9-14)30-17-7-8-28-13-17)11-24-22(23-3)25-12-18-10-19(15(2)29-18)21(26)27-4/h5-6,9-10,17H,7-8,11-13H2,1-4H3,(H2,23,24,25). The normalized spacial score (nSPS) is 16.4. The minimum absolute atomic E-state index is 0.0918. The molecular weight excluding hydrogens is 386 g/mol. The van der Waals surface area contributed by atoms with Gasteiger partial charge in [0.25, 0.3) is 0 Å². The number of furan rings is 1. The van der Waals surface area contributed by atoms with Gasteiger partial charge in [0.05, 0.1) is 26.9 Å². The fraction of sp³-hybridized carbons (Fsp3) is 0.455. The van der Waals surface area contributed by atoms with Crippen LogP contribution in [0.4, 0.5) is 0 Å². The van der Waals surface area contributed by atoms with Gasteiger partial charge in [-0.2, -0.15) is 0 Å². The molecule has 1 fully saturated rings. The molecule has 30 heavy (non-hydrogen) atoms. The summed E-state index contributed by atoms with van der Waals surface area (Å²) in [6.45, 7) is 6.08. The Balaban J connectivity index is 1.58. The Morgan fingerprint density at radius 1 is 1.23 bits per heavy atom. The van der Waals surface area contributed by atoms with Crippen LogP contribution in [0.3, 0.4) is 0 Å². The maximum absolute atomic E-state index is 11.7. The van der Waals surface area contributed by atoms with E-state index < -0.39 is 5.97 Å². The largest absolute Gasteiger partial charge is 0.488 e. The second kappa shape index (κ2) is 10.2. The maximum atomic E-state index is 11.7. The molecule has 1 aromatic carbocycles. The summed E-state index contributed by atoms with van der Waals surface area (Å²) < 4.78 is 21.9. The van der Waals surface area contributed by atoms with E-state index in [4.69, 9.17) is 18.6 Å². The van der Waals surface area contributed by atoms with Crippen LogP contribution < -0.4 is 15.4 Å². The number of carbonyl (C=O) groups is 1. The van der Waals surface area contributed by atoms with Gasteiger partial charge in [-0.1, -0.05) is 12.1 Å². The van der Waals surface area contributed by atoms with Crippen molar-refractivity contribution in [1.82, 2.24) is 10.6 Å². The molecular formula is C22H29N3O5. The first-order valence-electron chi connectivity index (χ1n) is 9.96. The molecule has 0 radical (unpaired) electrons. The minimum atomic E-state index is -0.412. The highest BCUT2D eigenvalue weighted by molar-refractivity contribution is 5.90. The summed E-state index contributed by atoms with van der Waals surface area (Å²) in [7, 11) is 3.05. The van der Waals surface area contributed by atoms with Gasteiger partial charge in [-0.3, -0.25) is 4.99 Å². The molecule has 0 amide bonds. The number of esters is 1. The Morgan fingerprint density at radius 3 is 2.73 bits per heavy atom. The van der Waals surface area contributed by atoms with Gasteiger partial charge in [0.15, 0.2) is 5.96 Å². The fourth-order valence-electron chi connectivity index (χ4n) is 3.22. The van der Waals surface area contributed by atoms with Crippen molar-refractivity contribution in [3.05, 3.63) is 52.5 Å². The van der Waals surface area contributed by atoms with Crippen molar-refractivity contribution in [2.24, 2.45) is 4.99 Å². The van der Waals surface area contributed by atoms with Gasteiger partial charge in [0.1, 0.15) is 28.9 Å². The molecule has 1 aromatic heterocycles. The number of hydrogen-bond acceptors (Lipinski definition) is 6. The van der Waals surface area contributed by atoms with Crippen molar-refractivity contribution in [3.8, 4) is 5.75 Å². The number of carbonyl (C=O) groups excluding carboxylic acids is 1. The SMILES string of the molecule is CN=C(NCc1cc(C(=O)OC)c(C)o1)NCc1ccc(C)cc1OC1CCOC1. The quantitative estimate of drug-likeness (QED) is 0.408. The highest BCUT2D eigenvalue weighted by atomic mass is 16.5. The number of methoxy groups -OCH3 is 1. The van der Waals surface area contributed by atoms with E-state index in [1.807, 2.05) is 13.0 Å². The van der Waals surface area contributed by atoms with Gasteiger partial charge in [0.2, 0.25) is 0 Å². The number of guanidine groups is 1. The highest BCUT2D eigenvalue weighted by Crippen LogP contribution is 2.24. The lowest BCUT2D eigenvalue weighted by Gasteiger charge is -2.18. The van der Waals surface area contributed by atoms with Crippen LogP contribution in [0.1, 0.15) is 39.4 Å². The van der Waals surface area contributed by atoms with E-state index in [-0.39, 0.29) is 6.10 Å². The van der Waals surface area contributed by atoms with E-state index in [1.54, 1.807) is 20.0 Å². The number of nitrogens with zero attached hydrogens (tertiary/aromatic N) is 1. The third-order valence-electron chi connectivity index (χ3n) is 4.88. The van der Waals surface area contributed by atoms with Gasteiger partial charge in [-0.25, -0.2) is 4.79 Å². The second-order valence-electron chi connectivity index (χ2n) is 7.17. The third kappa shape index (κ3) is 5.54. The van der Waals surface area contributed by atoms with Crippen molar-refractivity contribution in [3.63, 3.8) is 0 Å². The maximum Gasteiger partial charge on any atom is 0.341 e. The molecule has 0 bridgehead atoms. The highest BCUT2D eigenvalue weighted by Gasteiger charge is 2.19. The van der Waals surface area contributed by atoms with Gasteiger partial charge >= 0.3 is 5.97 Å². The predicted octanol–water partition coefficient (Wildman–Crippen LogP) is 2.72. The third-order valence-corrected chi connectivity index (χ3v) is 4.88. The van der Waals surface area contributed by atoms with Crippen molar-refractivity contribution >= 4 is 11.9 Å². The number of benzene rings is 1. The molecule has 8 heteroatoms. The second-order valence-corrected chi connectivity index (χ2v) is 7.17. The molecule has 0 aliphatic carbocycles. The molecule has 1 aliphatic rings. The number of nitrogens with one attached hydrogen (secondary N) is 2. The zero-order valence-corrected chi connectivity index (χ0v) is 17.9. The summed E-state index contributed by atoms with van der Waals surface area (Å²) in [6, 6.07) is 7.84. The van der Waals surface area contributed by atoms with E-state index in [2.05, 4.69) is 27.8 Å². The van der Waals surface area contributed by atoms with Gasteiger partial charge in [-0.15, -0.1) is 0 Å². The lowest BCUT2D eigenvalue weighted by molar-refractivity contribution is 0.0599. The number of hydrogen-bond donors (Lipinski definition) is 2. The topological polar surface area (TPSA) is 94.3 Å². The molecule has 2 aromatic rings. The molecule has 2 N–H and O–H groups in total. The summed E-state index contributed by atoms with van der Waals surface area (Å²) in [4.78, 5) is 16.0. The van der Waals surface area contributed by atoms with Crippen LogP contribution in [0, 0.1) is 13.8 Å². The van der Waals surface area contributed by atoms with Gasteiger partial charge in [-0.05, 0) is 31.5 Å². The Morgan fingerprint density at radius 2 is 2.03 bits per heavy atom. The van der Waals surface area contributed by atoms with Crippen molar-refractivity contribution in [1.29, 1.82) is 0 Å². The lowest BCUT2D eigenvalue weighted by Crippen LogP contribution is -2.36. The fourth-order valence-corrected chi connectivity index (χ4v) is 3.22. The Labute approximate surface area is 176 Å². The summed E-state index contributed by atoms with van der Waals surface area (Å²) >= 11 is 0. The van der Waals surface area contributed by atoms with Gasteiger partial charge in [0, 0.05) is 25.6 Å². The first-order chi connectivity index (χ1) is 14.5. The molecule has 0 saturated carbocycles. The Hall–Kier alpha value is -3.00. The van der Waals surface area contributed by atoms with Crippen LogP contribution in [0.5, 0.6) is 5.75 Å². The van der Waals surface area contributed by atoms with E-state index in [1.165, 1.54) is 7.11 Å². The van der Waals surface area contributed by atoms with E-state index in [0.717, 1.165) is 29.9 Å². The van der Waals surface area contributed by atoms with Crippen LogP contribution in [-0.2, 0) is 22.6 Å². The minimum Gasteiger partial charge on any atom is -0.488 e. The average molecular weight is 415 g/mol. The number of aryl methyl sites for hydroxylation is 2. The van der Waals surface area contributed by atoms with E-state index >= 15 is 0 Å². The van der Waals surface area contributed by atoms with E-state index in [9.17, 15) is 4.79 Å². The van der Waals surface area contributed by atoms with Crippen LogP contribution >= 0.6 is 0 Å². The van der Waals surface area contributed by atoms with Crippen LogP contribution in [0.25, 0.3) is 0 Å². The monoisotopic (exact) mass is 415 g/mol. The molecule has 162 valence electrons. The first kappa shape index (κ1) is 21.7. The van der Waals surface area contributed by atoms with Gasteiger partial charge < -0.3 is 29.3 Å². The lowest BCUT2D eigenvalue weighted by atomic mass is 10.1. The summed E-state index contributed by atoms with van der Waals surface area (Å²) in [6.07, 6.45) is 0.995. The van der Waals surface area contributed by atoms with Crippen molar-refractivity contribution in [2.45, 2.75) is 39.5 Å². The zero-order chi connectivity index (χ0) is 21.5. The Bertz CT molecular complexity index is 900. The number of rotatable bonds is 7. The van der Waals surface area contributed by atoms with Crippen LogP contribution in [0.2, 0.25) is 0 Å². The average Bonchev–Trinajstić information content (AvgIpc) is 3.38. The summed E-state index contributed by atoms with van der Waals surface area (Å²) in [5.41, 5.74) is 2.61. The number of ether oxygens (including phenoxy) is 3. The molecule has 1 saturated heterocycles. The smallest absolute Gasteiger partial charge is 0.341 e. The summed E-state index contributed by atoms with van der Waals surface area (Å²) in [5, 5.41) is 6.48. The van der Waals surface area contributed by atoms with Crippen molar-refractivity contribution < 1.29 is 23.4 Å².